The van der Waals surface area contributed by atoms with Crippen molar-refractivity contribution in [2.75, 3.05) is 0 Å². The highest BCUT2D eigenvalue weighted by Gasteiger charge is 2.21. The second kappa shape index (κ2) is 12.6. The summed E-state index contributed by atoms with van der Waals surface area (Å²) >= 11 is 0. The number of halogens is 4. The van der Waals surface area contributed by atoms with E-state index < -0.39 is 23.3 Å². The number of hydrogen-bond acceptors (Lipinski definition) is 0. The van der Waals surface area contributed by atoms with Crippen molar-refractivity contribution in [1.29, 1.82) is 0 Å². The maximum absolute atomic E-state index is 15.2. The molecule has 1 aliphatic rings. The van der Waals surface area contributed by atoms with E-state index in [1.165, 1.54) is 38.5 Å². The number of benzene rings is 3. The molecule has 1 aliphatic carbocycles. The Morgan fingerprint density at radius 3 is 1.81 bits per heavy atom. The van der Waals surface area contributed by atoms with Gasteiger partial charge in [-0.3, -0.25) is 0 Å². The number of unbranched alkanes of at least 4 members (excludes halogenated alkanes) is 4. The third-order valence-corrected chi connectivity index (χ3v) is 7.71. The third kappa shape index (κ3) is 6.17. The van der Waals surface area contributed by atoms with Crippen LogP contribution < -0.4 is 0 Å². The molecule has 37 heavy (non-hydrogen) atoms. The van der Waals surface area contributed by atoms with Crippen molar-refractivity contribution in [3.05, 3.63) is 89.0 Å². The lowest BCUT2D eigenvalue weighted by molar-refractivity contribution is 0.422. The number of rotatable bonds is 10. The highest BCUT2D eigenvalue weighted by Crippen LogP contribution is 2.37. The van der Waals surface area contributed by atoms with E-state index in [1.807, 2.05) is 0 Å². The molecule has 0 N–H and O–H groups in total. The first-order chi connectivity index (χ1) is 17.9. The van der Waals surface area contributed by atoms with Gasteiger partial charge in [0.05, 0.1) is 0 Å². The van der Waals surface area contributed by atoms with Crippen LogP contribution in [-0.4, -0.2) is 0 Å². The van der Waals surface area contributed by atoms with Gasteiger partial charge in [0, 0.05) is 16.7 Å². The van der Waals surface area contributed by atoms with Gasteiger partial charge in [-0.1, -0.05) is 107 Å². The van der Waals surface area contributed by atoms with E-state index in [4.69, 9.17) is 0 Å². The van der Waals surface area contributed by atoms with E-state index in [-0.39, 0.29) is 11.1 Å². The van der Waals surface area contributed by atoms with Gasteiger partial charge in [0.25, 0.3) is 0 Å². The second-order valence-electron chi connectivity index (χ2n) is 10.2. The second-order valence-corrected chi connectivity index (χ2v) is 10.2. The summed E-state index contributed by atoms with van der Waals surface area (Å²) in [7, 11) is 0. The molecule has 0 spiro atoms. The maximum Gasteiger partial charge on any atom is 0.167 e. The van der Waals surface area contributed by atoms with E-state index in [1.54, 1.807) is 55.5 Å². The Bertz CT molecular complexity index is 1240. The summed E-state index contributed by atoms with van der Waals surface area (Å²) in [5, 5.41) is 0. The van der Waals surface area contributed by atoms with Crippen molar-refractivity contribution in [3.8, 4) is 22.3 Å². The molecule has 3 aromatic rings. The summed E-state index contributed by atoms with van der Waals surface area (Å²) in [4.78, 5) is 0. The zero-order valence-corrected chi connectivity index (χ0v) is 21.9. The summed E-state index contributed by atoms with van der Waals surface area (Å²) in [6, 6.07) is 12.8. The Morgan fingerprint density at radius 2 is 1.22 bits per heavy atom. The van der Waals surface area contributed by atoms with Crippen LogP contribution in [0.2, 0.25) is 0 Å². The molecule has 4 rings (SSSR count). The van der Waals surface area contributed by atoms with E-state index in [9.17, 15) is 8.78 Å². The van der Waals surface area contributed by atoms with Crippen molar-refractivity contribution in [2.24, 2.45) is 5.92 Å². The zero-order chi connectivity index (χ0) is 26.4. The van der Waals surface area contributed by atoms with Gasteiger partial charge in [-0.15, -0.1) is 0 Å². The Morgan fingerprint density at radius 1 is 0.649 bits per heavy atom. The van der Waals surface area contributed by atoms with Crippen LogP contribution in [0.1, 0.15) is 82.8 Å². The van der Waals surface area contributed by atoms with Crippen LogP contribution in [0.15, 0.2) is 54.6 Å². The number of allylic oxidation sites excluding steroid dienone is 2. The van der Waals surface area contributed by atoms with Gasteiger partial charge >= 0.3 is 0 Å². The van der Waals surface area contributed by atoms with Crippen LogP contribution in [0, 0.1) is 29.2 Å². The van der Waals surface area contributed by atoms with Gasteiger partial charge in [-0.2, -0.15) is 0 Å². The summed E-state index contributed by atoms with van der Waals surface area (Å²) in [5.41, 5.74) is 2.81. The van der Waals surface area contributed by atoms with Crippen molar-refractivity contribution in [2.45, 2.75) is 78.1 Å². The molecule has 0 fully saturated rings. The minimum absolute atomic E-state index is 0.145. The van der Waals surface area contributed by atoms with Gasteiger partial charge in [-0.05, 0) is 53.9 Å². The molecular weight excluding hydrogens is 472 g/mol. The molecule has 0 aromatic heterocycles. The fraction of sp³-hybridized carbons (Fsp3) is 0.394. The van der Waals surface area contributed by atoms with Gasteiger partial charge in [-0.25, -0.2) is 17.6 Å². The van der Waals surface area contributed by atoms with Crippen LogP contribution in [-0.2, 0) is 6.42 Å². The minimum atomic E-state index is -0.895. The van der Waals surface area contributed by atoms with Crippen LogP contribution in [0.5, 0.6) is 0 Å². The highest BCUT2D eigenvalue weighted by atomic mass is 19.2. The van der Waals surface area contributed by atoms with Crippen LogP contribution >= 0.6 is 0 Å². The molecule has 1 unspecified atom stereocenters. The van der Waals surface area contributed by atoms with Crippen molar-refractivity contribution >= 4 is 5.57 Å². The molecule has 196 valence electrons. The molecule has 0 saturated carbocycles. The van der Waals surface area contributed by atoms with Crippen molar-refractivity contribution in [3.63, 3.8) is 0 Å². The van der Waals surface area contributed by atoms with E-state index in [0.717, 1.165) is 24.8 Å². The van der Waals surface area contributed by atoms with Gasteiger partial charge in [0.2, 0.25) is 0 Å². The minimum Gasteiger partial charge on any atom is -0.203 e. The smallest absolute Gasteiger partial charge is 0.167 e. The van der Waals surface area contributed by atoms with Crippen LogP contribution in [0.3, 0.4) is 0 Å². The Kier molecular flexibility index (Phi) is 9.23. The Hall–Kier alpha value is -2.88. The monoisotopic (exact) mass is 508 g/mol. The molecule has 0 radical (unpaired) electrons. The molecule has 0 nitrogen and oxygen atoms in total. The van der Waals surface area contributed by atoms with Crippen molar-refractivity contribution < 1.29 is 17.6 Å². The molecular formula is C33H36F4. The summed E-state index contributed by atoms with van der Waals surface area (Å²) in [6.45, 7) is 3.99. The third-order valence-electron chi connectivity index (χ3n) is 7.71. The molecule has 4 heteroatoms. The average Bonchev–Trinajstić information content (AvgIpc) is 2.92. The number of hydrogen-bond donors (Lipinski definition) is 0. The van der Waals surface area contributed by atoms with Crippen LogP contribution in [0.4, 0.5) is 17.6 Å². The predicted octanol–water partition coefficient (Wildman–Crippen LogP) is 10.7. The fourth-order valence-corrected chi connectivity index (χ4v) is 5.37. The van der Waals surface area contributed by atoms with Gasteiger partial charge in [0.15, 0.2) is 23.3 Å². The lowest BCUT2D eigenvalue weighted by atomic mass is 9.83. The Labute approximate surface area is 218 Å². The predicted molar refractivity (Wildman–Crippen MR) is 145 cm³/mol. The Balaban J connectivity index is 1.47. The highest BCUT2D eigenvalue weighted by molar-refractivity contribution is 5.74. The lowest BCUT2D eigenvalue weighted by Crippen LogP contribution is -2.07. The number of aryl methyl sites for hydroxylation is 1. The SMILES string of the molecule is CCCCCCCC1CC=C(c2ccc(-c3ccc(-c4ccc(CC)c(F)c4F)cc3)c(F)c2F)CC1. The van der Waals surface area contributed by atoms with Gasteiger partial charge in [0.1, 0.15) is 0 Å². The van der Waals surface area contributed by atoms with E-state index >= 15 is 8.78 Å². The molecule has 1 atom stereocenters. The molecule has 0 saturated heterocycles. The molecule has 0 aliphatic heterocycles. The van der Waals surface area contributed by atoms with Gasteiger partial charge < -0.3 is 0 Å². The summed E-state index contributed by atoms with van der Waals surface area (Å²) in [6.07, 6.45) is 12.8. The summed E-state index contributed by atoms with van der Waals surface area (Å²) in [5.74, 6) is -2.81. The topological polar surface area (TPSA) is 0 Å². The lowest BCUT2D eigenvalue weighted by Gasteiger charge is -2.22. The normalized spacial score (nSPS) is 15.6. The van der Waals surface area contributed by atoms with Crippen molar-refractivity contribution in [1.82, 2.24) is 0 Å². The van der Waals surface area contributed by atoms with E-state index in [2.05, 4.69) is 13.0 Å². The average molecular weight is 509 g/mol. The molecule has 0 heterocycles. The maximum atomic E-state index is 15.2. The molecule has 0 bridgehead atoms. The summed E-state index contributed by atoms with van der Waals surface area (Å²) < 4.78 is 59.1. The first-order valence-electron chi connectivity index (χ1n) is 13.7. The standard InChI is InChI=1S/C33H36F4/c1-3-5-6-7-8-9-22-10-12-24(13-11-22)28-20-21-29(33(37)32(28)36)26-16-14-25(15-17-26)27-19-18-23(4-2)30(34)31(27)35/h12,14-22H,3-11,13H2,1-2H3. The van der Waals surface area contributed by atoms with E-state index in [0.29, 0.717) is 34.6 Å². The largest absolute Gasteiger partial charge is 0.203 e. The fourth-order valence-electron chi connectivity index (χ4n) is 5.37. The van der Waals surface area contributed by atoms with Crippen LogP contribution in [0.25, 0.3) is 27.8 Å². The quantitative estimate of drug-likeness (QED) is 0.189. The first-order valence-corrected chi connectivity index (χ1v) is 13.7. The molecule has 3 aromatic carbocycles. The zero-order valence-electron chi connectivity index (χ0n) is 21.9. The first kappa shape index (κ1) is 27.2. The molecule has 0 amide bonds.